The summed E-state index contributed by atoms with van der Waals surface area (Å²) >= 11 is 0. The molecule has 0 bridgehead atoms. The molecule has 15 nitrogen and oxygen atoms in total. The SMILES string of the molecule is C(=C\c1ccccc1)/COc1nc(OC/C=C/c2ccccc2)nc(OC/C=C/c2ccccc2)n1.COCC#CCOc1nc(OCC#CCOC)nc(OCC#CCOC)n1. The molecular formula is C48H48N6O9. The van der Waals surface area contributed by atoms with E-state index in [2.05, 4.69) is 65.4 Å². The average molecular weight is 853 g/mol. The molecule has 0 aliphatic rings. The minimum Gasteiger partial charge on any atom is -0.459 e. The van der Waals surface area contributed by atoms with Gasteiger partial charge in [0.1, 0.15) is 39.6 Å². The van der Waals surface area contributed by atoms with Crippen LogP contribution in [0.25, 0.3) is 18.2 Å². The Bertz CT molecular complexity index is 2050. The van der Waals surface area contributed by atoms with Gasteiger partial charge in [-0.05, 0) is 34.9 Å². The van der Waals surface area contributed by atoms with Crippen LogP contribution in [0, 0.1) is 35.5 Å². The van der Waals surface area contributed by atoms with Crippen molar-refractivity contribution in [3.05, 3.63) is 126 Å². The summed E-state index contributed by atoms with van der Waals surface area (Å²) in [6.07, 6.45) is 11.6. The van der Waals surface area contributed by atoms with E-state index in [9.17, 15) is 0 Å². The van der Waals surface area contributed by atoms with Crippen LogP contribution in [0.3, 0.4) is 0 Å². The van der Waals surface area contributed by atoms with Crippen molar-refractivity contribution in [3.63, 3.8) is 0 Å². The number of benzene rings is 3. The highest BCUT2D eigenvalue weighted by Crippen LogP contribution is 2.17. The Labute approximate surface area is 368 Å². The van der Waals surface area contributed by atoms with E-state index in [4.69, 9.17) is 42.6 Å². The predicted octanol–water partition coefficient (Wildman–Crippen LogP) is 6.11. The van der Waals surface area contributed by atoms with Crippen LogP contribution in [-0.4, -0.2) is 111 Å². The second kappa shape index (κ2) is 31.2. The minimum atomic E-state index is 0.0106. The number of hydrogen-bond acceptors (Lipinski definition) is 15. The lowest BCUT2D eigenvalue weighted by atomic mass is 10.2. The van der Waals surface area contributed by atoms with Gasteiger partial charge in [0.15, 0.2) is 19.8 Å². The molecule has 0 aliphatic carbocycles. The molecule has 0 N–H and O–H groups in total. The van der Waals surface area contributed by atoms with Crippen LogP contribution in [0.4, 0.5) is 0 Å². The van der Waals surface area contributed by atoms with Crippen molar-refractivity contribution >= 4 is 18.2 Å². The van der Waals surface area contributed by atoms with Crippen LogP contribution in [-0.2, 0) is 14.2 Å². The van der Waals surface area contributed by atoms with Gasteiger partial charge in [-0.2, -0.15) is 0 Å². The van der Waals surface area contributed by atoms with Crippen molar-refractivity contribution in [2.45, 2.75) is 0 Å². The van der Waals surface area contributed by atoms with Crippen molar-refractivity contribution < 1.29 is 42.6 Å². The number of rotatable bonds is 21. The lowest BCUT2D eigenvalue weighted by Gasteiger charge is -2.07. The third-order valence-electron chi connectivity index (χ3n) is 7.25. The zero-order valence-corrected chi connectivity index (χ0v) is 35.3. The summed E-state index contributed by atoms with van der Waals surface area (Å²) in [6.45, 7) is 2.03. The highest BCUT2D eigenvalue weighted by Gasteiger charge is 2.11. The summed E-state index contributed by atoms with van der Waals surface area (Å²) < 4.78 is 47.7. The molecule has 0 unspecified atom stereocenters. The molecule has 324 valence electrons. The van der Waals surface area contributed by atoms with Crippen LogP contribution in [0.1, 0.15) is 16.7 Å². The van der Waals surface area contributed by atoms with Crippen LogP contribution < -0.4 is 28.4 Å². The van der Waals surface area contributed by atoms with Crippen LogP contribution in [0.15, 0.2) is 109 Å². The summed E-state index contributed by atoms with van der Waals surface area (Å²) in [7, 11) is 4.67. The van der Waals surface area contributed by atoms with Gasteiger partial charge in [0.05, 0.1) is 0 Å². The van der Waals surface area contributed by atoms with Crippen molar-refractivity contribution in [2.75, 3.05) is 80.8 Å². The van der Waals surface area contributed by atoms with E-state index in [-0.39, 0.29) is 55.9 Å². The summed E-state index contributed by atoms with van der Waals surface area (Å²) in [5, 5.41) is 0. The summed E-state index contributed by atoms with van der Waals surface area (Å²) in [4.78, 5) is 24.9. The first-order chi connectivity index (χ1) is 31.1. The first kappa shape index (κ1) is 47.9. The number of aromatic nitrogens is 6. The molecule has 0 atom stereocenters. The van der Waals surface area contributed by atoms with Crippen molar-refractivity contribution in [2.24, 2.45) is 0 Å². The van der Waals surface area contributed by atoms with Gasteiger partial charge in [-0.25, -0.2) is 0 Å². The molecule has 0 spiro atoms. The Morgan fingerprint density at radius 1 is 0.333 bits per heavy atom. The van der Waals surface area contributed by atoms with Crippen molar-refractivity contribution in [1.82, 2.24) is 29.9 Å². The smallest absolute Gasteiger partial charge is 0.326 e. The van der Waals surface area contributed by atoms with Gasteiger partial charge in [-0.1, -0.05) is 145 Å². The third kappa shape index (κ3) is 21.9. The van der Waals surface area contributed by atoms with E-state index in [1.807, 2.05) is 127 Å². The molecule has 63 heavy (non-hydrogen) atoms. The first-order valence-corrected chi connectivity index (χ1v) is 19.4. The largest absolute Gasteiger partial charge is 0.459 e. The Balaban J connectivity index is 0.000000290. The van der Waals surface area contributed by atoms with Crippen LogP contribution >= 0.6 is 0 Å². The summed E-state index contributed by atoms with van der Waals surface area (Å²) in [6, 6.07) is 30.4. The van der Waals surface area contributed by atoms with Gasteiger partial charge in [0.25, 0.3) is 0 Å². The molecule has 0 aliphatic heterocycles. The molecule has 0 radical (unpaired) electrons. The second-order valence-corrected chi connectivity index (χ2v) is 12.0. The predicted molar refractivity (Wildman–Crippen MR) is 238 cm³/mol. The highest BCUT2D eigenvalue weighted by molar-refractivity contribution is 5.50. The van der Waals surface area contributed by atoms with E-state index >= 15 is 0 Å². The zero-order chi connectivity index (χ0) is 44.3. The minimum absolute atomic E-state index is 0.0106. The second-order valence-electron chi connectivity index (χ2n) is 12.0. The number of methoxy groups -OCH3 is 3. The Hall–Kier alpha value is -7.74. The molecule has 0 fully saturated rings. The van der Waals surface area contributed by atoms with Gasteiger partial charge in [0.2, 0.25) is 0 Å². The molecule has 0 saturated carbocycles. The summed E-state index contributed by atoms with van der Waals surface area (Å²) in [5.41, 5.74) is 3.25. The standard InChI is InChI=1S/C30H27N3O3.C18H21N3O6/c1-4-13-25(14-5-1)19-10-22-34-28-31-29(35-23-11-20-26-15-6-2-7-16-26)33-30(32-28)36-24-12-21-27-17-8-3-9-18-27;1-22-10-4-7-13-25-16-19-17(26-14-8-5-11-23-2)21-18(20-16)27-15-9-6-12-24-3/h1-21H,22-24H2;10-15H2,1-3H3/b19-10+,20-11+,21-12+;. The van der Waals surface area contributed by atoms with Crippen molar-refractivity contribution in [3.8, 4) is 71.6 Å². The molecule has 15 heteroatoms. The Morgan fingerprint density at radius 3 is 0.825 bits per heavy atom. The molecule has 5 rings (SSSR count). The summed E-state index contributed by atoms with van der Waals surface area (Å²) in [5.74, 6) is 16.5. The molecule has 2 heterocycles. The fourth-order valence-electron chi connectivity index (χ4n) is 4.47. The maximum absolute atomic E-state index is 5.72. The van der Waals surface area contributed by atoms with Crippen LogP contribution in [0.5, 0.6) is 36.1 Å². The topological polar surface area (TPSA) is 160 Å². The lowest BCUT2D eigenvalue weighted by Crippen LogP contribution is -2.08. The molecule has 3 aromatic carbocycles. The van der Waals surface area contributed by atoms with E-state index in [1.165, 1.54) is 0 Å². The maximum atomic E-state index is 5.72. The molecule has 0 saturated heterocycles. The van der Waals surface area contributed by atoms with Gasteiger partial charge in [-0.15, -0.1) is 29.9 Å². The maximum Gasteiger partial charge on any atom is 0.326 e. The fourth-order valence-corrected chi connectivity index (χ4v) is 4.47. The zero-order valence-electron chi connectivity index (χ0n) is 35.3. The Morgan fingerprint density at radius 2 is 0.571 bits per heavy atom. The normalized spacial score (nSPS) is 10.3. The first-order valence-electron chi connectivity index (χ1n) is 19.4. The van der Waals surface area contributed by atoms with E-state index < -0.39 is 0 Å². The molecule has 0 amide bonds. The molecule has 2 aromatic heterocycles. The van der Waals surface area contributed by atoms with E-state index in [0.29, 0.717) is 39.6 Å². The van der Waals surface area contributed by atoms with E-state index in [1.54, 1.807) is 21.3 Å². The third-order valence-corrected chi connectivity index (χ3v) is 7.25. The van der Waals surface area contributed by atoms with Gasteiger partial charge >= 0.3 is 36.1 Å². The quantitative estimate of drug-likeness (QED) is 0.0778. The highest BCUT2D eigenvalue weighted by atomic mass is 16.5. The molecule has 5 aromatic rings. The van der Waals surface area contributed by atoms with Crippen LogP contribution in [0.2, 0.25) is 0 Å². The van der Waals surface area contributed by atoms with Crippen molar-refractivity contribution in [1.29, 1.82) is 0 Å². The van der Waals surface area contributed by atoms with Gasteiger partial charge in [0, 0.05) is 21.3 Å². The average Bonchev–Trinajstić information content (AvgIpc) is 3.32. The number of nitrogens with zero attached hydrogens (tertiary/aromatic N) is 6. The Kier molecular flexibility index (Phi) is 23.7. The van der Waals surface area contributed by atoms with Gasteiger partial charge < -0.3 is 42.6 Å². The van der Waals surface area contributed by atoms with Gasteiger partial charge in [-0.3, -0.25) is 0 Å². The van der Waals surface area contributed by atoms with E-state index in [0.717, 1.165) is 16.7 Å². The molecular weight excluding hydrogens is 805 g/mol. The number of hydrogen-bond donors (Lipinski definition) is 0. The monoisotopic (exact) mass is 852 g/mol. The lowest BCUT2D eigenvalue weighted by molar-refractivity contribution is 0.238. The number of ether oxygens (including phenoxy) is 9. The fraction of sp³-hybridized carbons (Fsp3) is 0.250.